The van der Waals surface area contributed by atoms with Crippen molar-refractivity contribution in [2.45, 2.75) is 19.9 Å². The van der Waals surface area contributed by atoms with E-state index in [-0.39, 0.29) is 11.9 Å². The molecule has 0 bridgehead atoms. The van der Waals surface area contributed by atoms with Crippen LogP contribution in [0.2, 0.25) is 0 Å². The van der Waals surface area contributed by atoms with Crippen molar-refractivity contribution >= 4 is 21.6 Å². The molecule has 1 nitrogen and oxygen atoms in total. The van der Waals surface area contributed by atoms with Crippen LogP contribution in [0.4, 0.5) is 10.1 Å². The summed E-state index contributed by atoms with van der Waals surface area (Å²) < 4.78 is 13.7. The molecule has 0 fully saturated rings. The molecule has 18 heavy (non-hydrogen) atoms. The van der Waals surface area contributed by atoms with Gasteiger partial charge in [0.1, 0.15) is 5.82 Å². The topological polar surface area (TPSA) is 12.0 Å². The van der Waals surface area contributed by atoms with Gasteiger partial charge in [-0.1, -0.05) is 29.8 Å². The van der Waals surface area contributed by atoms with Crippen molar-refractivity contribution in [3.63, 3.8) is 0 Å². The molecule has 0 saturated heterocycles. The number of rotatable bonds is 3. The Hall–Kier alpha value is -1.35. The smallest absolute Gasteiger partial charge is 0.124 e. The molecule has 0 aliphatic rings. The fourth-order valence-electron chi connectivity index (χ4n) is 1.86. The predicted octanol–water partition coefficient (Wildman–Crippen LogP) is 5.07. The van der Waals surface area contributed by atoms with Crippen LogP contribution < -0.4 is 5.32 Å². The van der Waals surface area contributed by atoms with Gasteiger partial charge in [0.15, 0.2) is 0 Å². The number of anilines is 1. The number of hydrogen-bond donors (Lipinski definition) is 1. The van der Waals surface area contributed by atoms with Crippen LogP contribution >= 0.6 is 15.9 Å². The SMILES string of the molecule is Cc1cccc(C(C)Nc2ccc(F)cc2Br)c1. The second kappa shape index (κ2) is 5.53. The molecule has 0 aliphatic carbocycles. The van der Waals surface area contributed by atoms with Crippen molar-refractivity contribution in [3.05, 3.63) is 63.9 Å². The fraction of sp³-hybridized carbons (Fsp3) is 0.200. The van der Waals surface area contributed by atoms with Crippen LogP contribution in [0.1, 0.15) is 24.1 Å². The lowest BCUT2D eigenvalue weighted by molar-refractivity contribution is 0.627. The van der Waals surface area contributed by atoms with Crippen LogP contribution in [0.25, 0.3) is 0 Å². The van der Waals surface area contributed by atoms with Gasteiger partial charge in [0.2, 0.25) is 0 Å². The van der Waals surface area contributed by atoms with Crippen LogP contribution in [0.3, 0.4) is 0 Å². The standard InChI is InChI=1S/C15H15BrFN/c1-10-4-3-5-12(8-10)11(2)18-15-7-6-13(17)9-14(15)16/h3-9,11,18H,1-2H3. The number of aryl methyl sites for hydroxylation is 1. The highest BCUT2D eigenvalue weighted by Gasteiger charge is 2.08. The molecule has 1 unspecified atom stereocenters. The third-order valence-corrected chi connectivity index (χ3v) is 3.50. The van der Waals surface area contributed by atoms with E-state index in [0.29, 0.717) is 0 Å². The third kappa shape index (κ3) is 3.10. The summed E-state index contributed by atoms with van der Waals surface area (Å²) in [6.07, 6.45) is 0. The Kier molecular flexibility index (Phi) is 4.02. The van der Waals surface area contributed by atoms with Crippen molar-refractivity contribution in [1.82, 2.24) is 0 Å². The Morgan fingerprint density at radius 2 is 1.94 bits per heavy atom. The van der Waals surface area contributed by atoms with Gasteiger partial charge in [-0.2, -0.15) is 0 Å². The first-order chi connectivity index (χ1) is 8.56. The van der Waals surface area contributed by atoms with Crippen molar-refractivity contribution in [2.75, 3.05) is 5.32 Å². The van der Waals surface area contributed by atoms with Crippen molar-refractivity contribution in [3.8, 4) is 0 Å². The molecular weight excluding hydrogens is 293 g/mol. The van der Waals surface area contributed by atoms with Gasteiger partial charge in [-0.15, -0.1) is 0 Å². The first kappa shape index (κ1) is 13.1. The summed E-state index contributed by atoms with van der Waals surface area (Å²) in [6, 6.07) is 13.2. The summed E-state index contributed by atoms with van der Waals surface area (Å²) in [5.74, 6) is -0.240. The lowest BCUT2D eigenvalue weighted by Gasteiger charge is -2.17. The molecule has 2 aromatic rings. The van der Waals surface area contributed by atoms with Gasteiger partial charge >= 0.3 is 0 Å². The normalized spacial score (nSPS) is 12.2. The zero-order valence-corrected chi connectivity index (χ0v) is 12.0. The maximum Gasteiger partial charge on any atom is 0.124 e. The van der Waals surface area contributed by atoms with Gasteiger partial charge in [0.25, 0.3) is 0 Å². The Balaban J connectivity index is 2.18. The monoisotopic (exact) mass is 307 g/mol. The Morgan fingerprint density at radius 1 is 1.17 bits per heavy atom. The average Bonchev–Trinajstić information content (AvgIpc) is 2.32. The van der Waals surface area contributed by atoms with Gasteiger partial charge in [-0.25, -0.2) is 4.39 Å². The summed E-state index contributed by atoms with van der Waals surface area (Å²) in [5, 5.41) is 3.37. The number of halogens is 2. The molecule has 1 atom stereocenters. The van der Waals surface area contributed by atoms with E-state index in [1.165, 1.54) is 23.3 Å². The van der Waals surface area contributed by atoms with E-state index in [1.54, 1.807) is 6.07 Å². The zero-order chi connectivity index (χ0) is 13.1. The molecule has 2 rings (SSSR count). The van der Waals surface area contributed by atoms with E-state index in [0.717, 1.165) is 10.2 Å². The lowest BCUT2D eigenvalue weighted by atomic mass is 10.1. The Bertz CT molecular complexity index is 554. The first-order valence-electron chi connectivity index (χ1n) is 5.84. The van der Waals surface area contributed by atoms with E-state index in [4.69, 9.17) is 0 Å². The molecule has 0 radical (unpaired) electrons. The minimum atomic E-state index is -0.240. The van der Waals surface area contributed by atoms with Gasteiger partial charge in [0, 0.05) is 16.2 Å². The summed E-state index contributed by atoms with van der Waals surface area (Å²) >= 11 is 3.36. The van der Waals surface area contributed by atoms with Gasteiger partial charge in [-0.05, 0) is 53.5 Å². The number of hydrogen-bond acceptors (Lipinski definition) is 1. The number of nitrogens with one attached hydrogen (secondary N) is 1. The molecule has 0 heterocycles. The van der Waals surface area contributed by atoms with Crippen molar-refractivity contribution in [1.29, 1.82) is 0 Å². The second-order valence-electron chi connectivity index (χ2n) is 4.40. The van der Waals surface area contributed by atoms with Crippen LogP contribution in [0.15, 0.2) is 46.9 Å². The first-order valence-corrected chi connectivity index (χ1v) is 6.64. The second-order valence-corrected chi connectivity index (χ2v) is 5.26. The Morgan fingerprint density at radius 3 is 2.61 bits per heavy atom. The molecule has 0 amide bonds. The average molecular weight is 308 g/mol. The summed E-state index contributed by atoms with van der Waals surface area (Å²) in [6.45, 7) is 4.16. The van der Waals surface area contributed by atoms with Crippen molar-refractivity contribution < 1.29 is 4.39 Å². The lowest BCUT2D eigenvalue weighted by Crippen LogP contribution is -2.07. The maximum absolute atomic E-state index is 13.0. The van der Waals surface area contributed by atoms with Gasteiger partial charge in [-0.3, -0.25) is 0 Å². The molecule has 0 spiro atoms. The van der Waals surface area contributed by atoms with Crippen LogP contribution in [0, 0.1) is 12.7 Å². The third-order valence-electron chi connectivity index (χ3n) is 2.85. The molecular formula is C15H15BrFN. The zero-order valence-electron chi connectivity index (χ0n) is 10.4. The van der Waals surface area contributed by atoms with E-state index in [9.17, 15) is 4.39 Å². The highest BCUT2D eigenvalue weighted by atomic mass is 79.9. The maximum atomic E-state index is 13.0. The molecule has 3 heteroatoms. The molecule has 94 valence electrons. The van der Waals surface area contributed by atoms with E-state index < -0.39 is 0 Å². The minimum Gasteiger partial charge on any atom is -0.378 e. The van der Waals surface area contributed by atoms with Crippen LogP contribution in [-0.2, 0) is 0 Å². The predicted molar refractivity (Wildman–Crippen MR) is 77.3 cm³/mol. The van der Waals surface area contributed by atoms with Crippen molar-refractivity contribution in [2.24, 2.45) is 0 Å². The quantitative estimate of drug-likeness (QED) is 0.834. The van der Waals surface area contributed by atoms with Crippen LogP contribution in [-0.4, -0.2) is 0 Å². The molecule has 2 aromatic carbocycles. The van der Waals surface area contributed by atoms with Gasteiger partial charge < -0.3 is 5.32 Å². The van der Waals surface area contributed by atoms with Gasteiger partial charge in [0.05, 0.1) is 0 Å². The highest BCUT2D eigenvalue weighted by Crippen LogP contribution is 2.27. The van der Waals surface area contributed by atoms with E-state index in [1.807, 2.05) is 6.07 Å². The minimum absolute atomic E-state index is 0.173. The Labute approximate surface area is 115 Å². The molecule has 1 N–H and O–H groups in total. The molecule has 0 aromatic heterocycles. The van der Waals surface area contributed by atoms with E-state index >= 15 is 0 Å². The number of benzene rings is 2. The molecule has 0 aliphatic heterocycles. The van der Waals surface area contributed by atoms with E-state index in [2.05, 4.69) is 53.3 Å². The summed E-state index contributed by atoms with van der Waals surface area (Å²) in [4.78, 5) is 0. The summed E-state index contributed by atoms with van der Waals surface area (Å²) in [7, 11) is 0. The highest BCUT2D eigenvalue weighted by molar-refractivity contribution is 9.10. The van der Waals surface area contributed by atoms with Crippen LogP contribution in [0.5, 0.6) is 0 Å². The fourth-order valence-corrected chi connectivity index (χ4v) is 2.33. The molecule has 0 saturated carbocycles. The largest absolute Gasteiger partial charge is 0.378 e. The summed E-state index contributed by atoms with van der Waals surface area (Å²) in [5.41, 5.74) is 3.34.